The molecule has 1 aromatic heterocycles. The summed E-state index contributed by atoms with van der Waals surface area (Å²) in [5.41, 5.74) is 5.13. The van der Waals surface area contributed by atoms with Gasteiger partial charge >= 0.3 is 6.09 Å². The van der Waals surface area contributed by atoms with Crippen LogP contribution in [-0.2, 0) is 20.7 Å². The molecule has 9 nitrogen and oxygen atoms in total. The zero-order chi connectivity index (χ0) is 30.8. The van der Waals surface area contributed by atoms with E-state index in [2.05, 4.69) is 10.3 Å². The minimum absolute atomic E-state index is 0.0280. The van der Waals surface area contributed by atoms with E-state index < -0.39 is 59.0 Å². The van der Waals surface area contributed by atoms with Gasteiger partial charge in [0, 0.05) is 24.2 Å². The molecule has 1 aliphatic heterocycles. The molecule has 1 aliphatic rings. The summed E-state index contributed by atoms with van der Waals surface area (Å²) in [4.78, 5) is 55.9. The number of imide groups is 1. The zero-order valence-corrected chi connectivity index (χ0v) is 23.1. The molecule has 2 atom stereocenters. The average Bonchev–Trinajstić information content (AvgIpc) is 3.28. The van der Waals surface area contributed by atoms with Crippen LogP contribution in [-0.4, -0.2) is 45.3 Å². The molecular formula is C30H29F3N4O5. The van der Waals surface area contributed by atoms with Crippen LogP contribution in [0.1, 0.15) is 61.3 Å². The zero-order valence-electron chi connectivity index (χ0n) is 23.1. The molecule has 2 heterocycles. The lowest BCUT2D eigenvalue weighted by Crippen LogP contribution is -2.50. The molecule has 0 saturated carbocycles. The molecule has 0 radical (unpaired) electrons. The summed E-state index contributed by atoms with van der Waals surface area (Å²) in [5.74, 6) is -4.80. The number of hydrogen-bond donors (Lipinski definition) is 2. The number of hydrogen-bond acceptors (Lipinski definition) is 6. The van der Waals surface area contributed by atoms with Gasteiger partial charge in [0.05, 0.1) is 17.3 Å². The van der Waals surface area contributed by atoms with E-state index in [-0.39, 0.29) is 36.1 Å². The Balaban J connectivity index is 1.75. The highest BCUT2D eigenvalue weighted by Crippen LogP contribution is 2.31. The molecule has 42 heavy (non-hydrogen) atoms. The second kappa shape index (κ2) is 12.0. The van der Waals surface area contributed by atoms with E-state index in [1.165, 1.54) is 18.3 Å². The van der Waals surface area contributed by atoms with Crippen LogP contribution in [0.5, 0.6) is 0 Å². The largest absolute Gasteiger partial charge is 0.443 e. The molecule has 12 heteroatoms. The first-order valence-corrected chi connectivity index (χ1v) is 13.1. The van der Waals surface area contributed by atoms with E-state index in [1.807, 2.05) is 0 Å². The lowest BCUT2D eigenvalue weighted by molar-refractivity contribution is -0.134. The maximum Gasteiger partial charge on any atom is 0.417 e. The van der Waals surface area contributed by atoms with Gasteiger partial charge in [-0.05, 0) is 75.1 Å². The van der Waals surface area contributed by atoms with Crippen LogP contribution in [0.2, 0.25) is 0 Å². The number of rotatable bonds is 7. The standard InChI is InChI=1S/C30H29F3N4O5/c1-30(2,3)42-29(41)37-24(8-9-25(37)38)28(40)36-23(13-16-11-18(31)15-19(32)12-16)26-20(5-4-10-35-26)17-6-7-22(33)21(14-17)27(34)39/h4-7,10-12,14-15,23-24H,8-9,13H2,1-3H3,(H2,34,39)(H,36,40)/t23-,24+/m0/s1. The fourth-order valence-electron chi connectivity index (χ4n) is 4.74. The molecule has 0 bridgehead atoms. The second-order valence-corrected chi connectivity index (χ2v) is 10.8. The van der Waals surface area contributed by atoms with Crippen LogP contribution in [0.15, 0.2) is 54.7 Å². The summed E-state index contributed by atoms with van der Waals surface area (Å²) in [6.45, 7) is 4.86. The number of pyridine rings is 1. The molecule has 4 rings (SSSR count). The van der Waals surface area contributed by atoms with E-state index in [0.717, 1.165) is 23.1 Å². The third-order valence-corrected chi connectivity index (χ3v) is 6.49. The van der Waals surface area contributed by atoms with Crippen LogP contribution in [0.25, 0.3) is 11.1 Å². The molecule has 0 aliphatic carbocycles. The predicted molar refractivity (Wildman–Crippen MR) is 145 cm³/mol. The van der Waals surface area contributed by atoms with Gasteiger partial charge in [-0.2, -0.15) is 0 Å². The van der Waals surface area contributed by atoms with Crippen molar-refractivity contribution in [1.82, 2.24) is 15.2 Å². The minimum Gasteiger partial charge on any atom is -0.443 e. The van der Waals surface area contributed by atoms with Gasteiger partial charge in [-0.3, -0.25) is 19.4 Å². The van der Waals surface area contributed by atoms with Gasteiger partial charge in [0.15, 0.2) is 0 Å². The van der Waals surface area contributed by atoms with E-state index in [0.29, 0.717) is 17.2 Å². The number of benzene rings is 2. The maximum absolute atomic E-state index is 14.2. The summed E-state index contributed by atoms with van der Waals surface area (Å²) in [5, 5.41) is 2.78. The molecule has 220 valence electrons. The van der Waals surface area contributed by atoms with Gasteiger partial charge in [-0.15, -0.1) is 0 Å². The molecule has 3 N–H and O–H groups in total. The molecule has 0 spiro atoms. The normalized spacial score (nSPS) is 15.8. The lowest BCUT2D eigenvalue weighted by atomic mass is 9.94. The quantitative estimate of drug-likeness (QED) is 0.419. The summed E-state index contributed by atoms with van der Waals surface area (Å²) in [6, 6.07) is 7.51. The van der Waals surface area contributed by atoms with Crippen molar-refractivity contribution in [2.24, 2.45) is 5.73 Å². The van der Waals surface area contributed by atoms with E-state index in [4.69, 9.17) is 10.5 Å². The number of carbonyl (C=O) groups excluding carboxylic acids is 4. The van der Waals surface area contributed by atoms with Crippen molar-refractivity contribution >= 4 is 23.8 Å². The van der Waals surface area contributed by atoms with Crippen molar-refractivity contribution in [3.63, 3.8) is 0 Å². The molecule has 3 aromatic rings. The number of likely N-dealkylation sites (tertiary alicyclic amines) is 1. The van der Waals surface area contributed by atoms with Crippen molar-refractivity contribution in [3.8, 4) is 11.1 Å². The number of ether oxygens (including phenoxy) is 1. The topological polar surface area (TPSA) is 132 Å². The third kappa shape index (κ3) is 6.93. The SMILES string of the molecule is CC(C)(C)OC(=O)N1C(=O)CC[C@@H]1C(=O)N[C@@H](Cc1cc(F)cc(F)c1)c1ncccc1-c1ccc(F)c(C(N)=O)c1. The van der Waals surface area contributed by atoms with Crippen LogP contribution < -0.4 is 11.1 Å². The number of aromatic nitrogens is 1. The summed E-state index contributed by atoms with van der Waals surface area (Å²) >= 11 is 0. The van der Waals surface area contributed by atoms with Crippen LogP contribution in [0.4, 0.5) is 18.0 Å². The number of nitrogens with zero attached hydrogens (tertiary/aromatic N) is 2. The Morgan fingerprint density at radius 1 is 1.10 bits per heavy atom. The summed E-state index contributed by atoms with van der Waals surface area (Å²) in [7, 11) is 0. The lowest BCUT2D eigenvalue weighted by Gasteiger charge is -2.28. The minimum atomic E-state index is -1.21. The van der Waals surface area contributed by atoms with Crippen molar-refractivity contribution in [1.29, 1.82) is 0 Å². The van der Waals surface area contributed by atoms with E-state index >= 15 is 0 Å². The van der Waals surface area contributed by atoms with Crippen molar-refractivity contribution in [2.45, 2.75) is 57.7 Å². The number of halogens is 3. The van der Waals surface area contributed by atoms with Crippen LogP contribution in [0.3, 0.4) is 0 Å². The Labute approximate surface area is 239 Å². The molecule has 0 unspecified atom stereocenters. The molecule has 4 amide bonds. The van der Waals surface area contributed by atoms with Gasteiger partial charge < -0.3 is 15.8 Å². The average molecular weight is 583 g/mol. The van der Waals surface area contributed by atoms with Gasteiger partial charge in [-0.25, -0.2) is 22.9 Å². The summed E-state index contributed by atoms with van der Waals surface area (Å²) < 4.78 is 47.7. The highest BCUT2D eigenvalue weighted by molar-refractivity contribution is 6.01. The molecular weight excluding hydrogens is 553 g/mol. The number of nitrogens with two attached hydrogens (primary N) is 1. The Bertz CT molecular complexity index is 1540. The van der Waals surface area contributed by atoms with Gasteiger partial charge in [0.2, 0.25) is 11.8 Å². The molecule has 2 aromatic carbocycles. The number of carbonyl (C=O) groups is 4. The predicted octanol–water partition coefficient (Wildman–Crippen LogP) is 4.59. The number of nitrogens with one attached hydrogen (secondary N) is 1. The van der Waals surface area contributed by atoms with Crippen molar-refractivity contribution < 1.29 is 37.1 Å². The maximum atomic E-state index is 14.2. The molecule has 1 fully saturated rings. The first-order valence-electron chi connectivity index (χ1n) is 13.1. The van der Waals surface area contributed by atoms with Gasteiger partial charge in [-0.1, -0.05) is 12.1 Å². The van der Waals surface area contributed by atoms with E-state index in [9.17, 15) is 32.3 Å². The van der Waals surface area contributed by atoms with Crippen molar-refractivity contribution in [3.05, 3.63) is 89.0 Å². The third-order valence-electron chi connectivity index (χ3n) is 6.49. The highest BCUT2D eigenvalue weighted by Gasteiger charge is 2.43. The van der Waals surface area contributed by atoms with Crippen LogP contribution >= 0.6 is 0 Å². The van der Waals surface area contributed by atoms with Crippen molar-refractivity contribution in [2.75, 3.05) is 0 Å². The fourth-order valence-corrected chi connectivity index (χ4v) is 4.74. The first kappa shape index (κ1) is 30.2. The Morgan fingerprint density at radius 2 is 1.79 bits per heavy atom. The second-order valence-electron chi connectivity index (χ2n) is 10.8. The number of primary amides is 1. The Hall–Kier alpha value is -4.74. The monoisotopic (exact) mass is 582 g/mol. The number of amides is 4. The van der Waals surface area contributed by atoms with Gasteiger partial charge in [0.1, 0.15) is 29.1 Å². The Kier molecular flexibility index (Phi) is 8.64. The Morgan fingerprint density at radius 3 is 2.43 bits per heavy atom. The highest BCUT2D eigenvalue weighted by atomic mass is 19.1. The summed E-state index contributed by atoms with van der Waals surface area (Å²) in [6.07, 6.45) is 0.256. The smallest absolute Gasteiger partial charge is 0.417 e. The van der Waals surface area contributed by atoms with Gasteiger partial charge in [0.25, 0.3) is 5.91 Å². The van der Waals surface area contributed by atoms with E-state index in [1.54, 1.807) is 32.9 Å². The molecule has 1 saturated heterocycles. The van der Waals surface area contributed by atoms with Crippen LogP contribution in [0, 0.1) is 17.5 Å². The first-order chi connectivity index (χ1) is 19.7. The fraction of sp³-hybridized carbons (Fsp3) is 0.300.